The summed E-state index contributed by atoms with van der Waals surface area (Å²) in [7, 11) is 0. The molecule has 1 unspecified atom stereocenters. The first kappa shape index (κ1) is 14.4. The molecule has 1 atom stereocenters. The van der Waals surface area contributed by atoms with Crippen molar-refractivity contribution in [2.24, 2.45) is 5.73 Å². The van der Waals surface area contributed by atoms with E-state index < -0.39 is 36.5 Å². The Balaban J connectivity index is 3.10. The van der Waals surface area contributed by atoms with Gasteiger partial charge in [0.1, 0.15) is 0 Å². The molecule has 0 spiro atoms. The third kappa shape index (κ3) is 2.58. The van der Waals surface area contributed by atoms with Crippen LogP contribution in [0.15, 0.2) is 12.2 Å². The van der Waals surface area contributed by atoms with Crippen LogP contribution in [-0.4, -0.2) is 51.7 Å². The molecule has 0 saturated carbocycles. The summed E-state index contributed by atoms with van der Waals surface area (Å²) in [6.45, 7) is -0.982. The summed E-state index contributed by atoms with van der Waals surface area (Å²) in [6, 6.07) is 0. The Morgan fingerprint density at radius 1 is 1.33 bits per heavy atom. The number of halogens is 2. The van der Waals surface area contributed by atoms with Crippen LogP contribution in [0.5, 0.6) is 0 Å². The Hall–Kier alpha value is -1.70. The van der Waals surface area contributed by atoms with E-state index in [0.29, 0.717) is 0 Å². The molecule has 8 heteroatoms. The molecule has 1 heterocycles. The van der Waals surface area contributed by atoms with Gasteiger partial charge in [0.2, 0.25) is 0 Å². The highest BCUT2D eigenvalue weighted by molar-refractivity contribution is 5.85. The van der Waals surface area contributed by atoms with E-state index in [-0.39, 0.29) is 17.9 Å². The zero-order chi connectivity index (χ0) is 14.0. The molecule has 0 aliphatic carbocycles. The largest absolute Gasteiger partial charge is 0.479 e. The zero-order valence-electron chi connectivity index (χ0n) is 9.47. The van der Waals surface area contributed by atoms with Crippen LogP contribution in [0.3, 0.4) is 0 Å². The molecule has 0 aromatic rings. The fraction of sp³-hybridized carbons (Fsp3) is 0.600. The van der Waals surface area contributed by atoms with Crippen molar-refractivity contribution in [3.05, 3.63) is 12.2 Å². The monoisotopic (exact) mass is 264 g/mol. The quantitative estimate of drug-likeness (QED) is 0.649. The van der Waals surface area contributed by atoms with Crippen LogP contribution in [0.1, 0.15) is 12.8 Å². The van der Waals surface area contributed by atoms with Crippen LogP contribution in [-0.2, 0) is 4.79 Å². The average Bonchev–Trinajstić information content (AvgIpc) is 2.52. The zero-order valence-corrected chi connectivity index (χ0v) is 9.47. The van der Waals surface area contributed by atoms with Gasteiger partial charge in [-0.3, -0.25) is 4.90 Å². The highest BCUT2D eigenvalue weighted by Crippen LogP contribution is 2.42. The van der Waals surface area contributed by atoms with E-state index in [0.717, 1.165) is 0 Å². The Labute approximate surface area is 102 Å². The van der Waals surface area contributed by atoms with Crippen molar-refractivity contribution >= 4 is 12.1 Å². The SMILES string of the molecule is NCC=CCC1(C(=O)O)CC(F)(F)CN1C(=O)O. The molecule has 0 bridgehead atoms. The lowest BCUT2D eigenvalue weighted by Crippen LogP contribution is -2.52. The summed E-state index contributed by atoms with van der Waals surface area (Å²) >= 11 is 0. The molecule has 6 nitrogen and oxygen atoms in total. The van der Waals surface area contributed by atoms with Crippen LogP contribution in [0, 0.1) is 0 Å². The predicted octanol–water partition coefficient (Wildman–Crippen LogP) is 0.734. The Kier molecular flexibility index (Phi) is 3.90. The van der Waals surface area contributed by atoms with Crippen molar-refractivity contribution in [3.8, 4) is 0 Å². The number of likely N-dealkylation sites (tertiary alicyclic amines) is 1. The third-order valence-corrected chi connectivity index (χ3v) is 2.84. The van der Waals surface area contributed by atoms with Gasteiger partial charge in [0, 0.05) is 13.0 Å². The van der Waals surface area contributed by atoms with Gasteiger partial charge in [-0.2, -0.15) is 0 Å². The highest BCUT2D eigenvalue weighted by Gasteiger charge is 2.60. The van der Waals surface area contributed by atoms with Crippen molar-refractivity contribution in [1.29, 1.82) is 0 Å². The topological polar surface area (TPSA) is 104 Å². The van der Waals surface area contributed by atoms with Gasteiger partial charge in [0.05, 0.1) is 6.54 Å². The second-order valence-corrected chi connectivity index (χ2v) is 4.15. The Morgan fingerprint density at radius 2 is 1.94 bits per heavy atom. The molecule has 0 aromatic carbocycles. The fourth-order valence-corrected chi connectivity index (χ4v) is 2.05. The van der Waals surface area contributed by atoms with Crippen molar-refractivity contribution in [3.63, 3.8) is 0 Å². The minimum absolute atomic E-state index is 0.124. The molecule has 1 fully saturated rings. The van der Waals surface area contributed by atoms with Gasteiger partial charge in [0.15, 0.2) is 5.54 Å². The molecular weight excluding hydrogens is 250 g/mol. The number of carboxylic acid groups (broad SMARTS) is 2. The van der Waals surface area contributed by atoms with E-state index in [1.165, 1.54) is 12.2 Å². The maximum absolute atomic E-state index is 13.3. The van der Waals surface area contributed by atoms with E-state index in [2.05, 4.69) is 0 Å². The molecule has 1 aliphatic rings. The first-order valence-electron chi connectivity index (χ1n) is 5.22. The van der Waals surface area contributed by atoms with E-state index in [1.54, 1.807) is 0 Å². The third-order valence-electron chi connectivity index (χ3n) is 2.84. The van der Waals surface area contributed by atoms with Gasteiger partial charge < -0.3 is 15.9 Å². The normalized spacial score (nSPS) is 26.7. The molecule has 4 N–H and O–H groups in total. The molecule has 1 amide bonds. The minimum atomic E-state index is -3.34. The van der Waals surface area contributed by atoms with Gasteiger partial charge in [-0.1, -0.05) is 12.2 Å². The van der Waals surface area contributed by atoms with Crippen LogP contribution in [0.25, 0.3) is 0 Å². The predicted molar refractivity (Wildman–Crippen MR) is 57.5 cm³/mol. The van der Waals surface area contributed by atoms with Gasteiger partial charge in [0.25, 0.3) is 5.92 Å². The van der Waals surface area contributed by atoms with E-state index in [9.17, 15) is 18.4 Å². The van der Waals surface area contributed by atoms with Gasteiger partial charge in [-0.25, -0.2) is 18.4 Å². The first-order valence-corrected chi connectivity index (χ1v) is 5.22. The van der Waals surface area contributed by atoms with Gasteiger partial charge >= 0.3 is 12.1 Å². The Morgan fingerprint density at radius 3 is 2.39 bits per heavy atom. The number of nitrogens with two attached hydrogens (primary N) is 1. The maximum atomic E-state index is 13.3. The second kappa shape index (κ2) is 4.89. The van der Waals surface area contributed by atoms with E-state index >= 15 is 0 Å². The minimum Gasteiger partial charge on any atom is -0.479 e. The van der Waals surface area contributed by atoms with E-state index in [4.69, 9.17) is 15.9 Å². The van der Waals surface area contributed by atoms with Crippen molar-refractivity contribution in [2.75, 3.05) is 13.1 Å². The van der Waals surface area contributed by atoms with Gasteiger partial charge in [-0.15, -0.1) is 0 Å². The molecule has 102 valence electrons. The fourth-order valence-electron chi connectivity index (χ4n) is 2.05. The summed E-state index contributed by atoms with van der Waals surface area (Å²) in [5.74, 6) is -4.92. The lowest BCUT2D eigenvalue weighted by atomic mass is 9.91. The number of hydrogen-bond donors (Lipinski definition) is 3. The van der Waals surface area contributed by atoms with Crippen LogP contribution in [0.4, 0.5) is 13.6 Å². The molecule has 1 saturated heterocycles. The standard InChI is InChI=1S/C10H14F2N2O4/c11-10(12)5-9(7(15)16,3-1-2-4-13)14(6-10)8(17)18/h1-2H,3-6,13H2,(H,15,16)(H,17,18). The molecule has 0 aromatic heterocycles. The highest BCUT2D eigenvalue weighted by atomic mass is 19.3. The van der Waals surface area contributed by atoms with Gasteiger partial charge in [-0.05, 0) is 6.42 Å². The number of nitrogens with zero attached hydrogens (tertiary/aromatic N) is 1. The lowest BCUT2D eigenvalue weighted by Gasteiger charge is -2.30. The molecule has 0 radical (unpaired) electrons. The summed E-state index contributed by atoms with van der Waals surface area (Å²) in [4.78, 5) is 22.4. The molecule has 1 rings (SSSR count). The van der Waals surface area contributed by atoms with E-state index in [1.807, 2.05) is 0 Å². The summed E-state index contributed by atoms with van der Waals surface area (Å²) in [6.07, 6.45) is -0.319. The number of carboxylic acids is 1. The second-order valence-electron chi connectivity index (χ2n) is 4.15. The number of rotatable bonds is 4. The molecule has 18 heavy (non-hydrogen) atoms. The number of alkyl halides is 2. The summed E-state index contributed by atoms with van der Waals surface area (Å²) < 4.78 is 26.6. The van der Waals surface area contributed by atoms with Crippen LogP contribution in [0.2, 0.25) is 0 Å². The number of hydrogen-bond acceptors (Lipinski definition) is 3. The molecule has 1 aliphatic heterocycles. The average molecular weight is 264 g/mol. The van der Waals surface area contributed by atoms with Crippen LogP contribution < -0.4 is 5.73 Å². The summed E-state index contributed by atoms with van der Waals surface area (Å²) in [5.41, 5.74) is 3.04. The summed E-state index contributed by atoms with van der Waals surface area (Å²) in [5, 5.41) is 18.0. The number of carbonyl (C=O) groups is 2. The molecular formula is C10H14F2N2O4. The van der Waals surface area contributed by atoms with Crippen LogP contribution >= 0.6 is 0 Å². The number of aliphatic carboxylic acids is 1. The number of amides is 1. The smallest absolute Gasteiger partial charge is 0.408 e. The van der Waals surface area contributed by atoms with Crippen molar-refractivity contribution < 1.29 is 28.6 Å². The van der Waals surface area contributed by atoms with Crippen molar-refractivity contribution in [1.82, 2.24) is 4.90 Å². The maximum Gasteiger partial charge on any atom is 0.408 e. The Bertz CT molecular complexity index is 386. The lowest BCUT2D eigenvalue weighted by molar-refractivity contribution is -0.149. The first-order chi connectivity index (χ1) is 8.25. The van der Waals surface area contributed by atoms with Crippen molar-refractivity contribution in [2.45, 2.75) is 24.3 Å².